The zero-order chi connectivity index (χ0) is 18.1. The lowest BCUT2D eigenvalue weighted by Crippen LogP contribution is -2.49. The number of hydrogen-bond acceptors (Lipinski definition) is 5. The molecule has 0 spiro atoms. The smallest absolute Gasteiger partial charge is 0.322 e. The van der Waals surface area contributed by atoms with Gasteiger partial charge in [-0.05, 0) is 24.6 Å². The van der Waals surface area contributed by atoms with Crippen LogP contribution in [0.5, 0.6) is 0 Å². The summed E-state index contributed by atoms with van der Waals surface area (Å²) in [5.41, 5.74) is 0.477. The number of amides is 1. The van der Waals surface area contributed by atoms with Gasteiger partial charge in [-0.3, -0.25) is 19.6 Å². The molecule has 1 N–H and O–H groups in total. The van der Waals surface area contributed by atoms with Crippen molar-refractivity contribution in [3.8, 4) is 0 Å². The summed E-state index contributed by atoms with van der Waals surface area (Å²) in [6.45, 7) is 2.86. The van der Waals surface area contributed by atoms with Gasteiger partial charge in [-0.25, -0.2) is 4.39 Å². The summed E-state index contributed by atoms with van der Waals surface area (Å²) < 4.78 is 14.8. The minimum atomic E-state index is -0.588. The van der Waals surface area contributed by atoms with Gasteiger partial charge >= 0.3 is 5.69 Å². The van der Waals surface area contributed by atoms with Crippen LogP contribution in [-0.2, 0) is 7.05 Å². The maximum atomic E-state index is 13.6. The SMILES string of the molecule is Cc1nn(C)c(C(=O)N2CCNCC2c2cccc(F)c2)c1[N+](=O)[O-].Cl. The molecular weight excluding hydrogens is 365 g/mol. The van der Waals surface area contributed by atoms with Gasteiger partial charge in [0.1, 0.15) is 11.5 Å². The Morgan fingerprint density at radius 1 is 1.46 bits per heavy atom. The molecule has 2 heterocycles. The number of rotatable bonds is 3. The van der Waals surface area contributed by atoms with E-state index in [1.165, 1.54) is 35.7 Å². The molecular formula is C16H19ClFN5O3. The number of carbonyl (C=O) groups is 1. The zero-order valence-corrected chi connectivity index (χ0v) is 15.1. The van der Waals surface area contributed by atoms with Crippen LogP contribution in [0.15, 0.2) is 24.3 Å². The summed E-state index contributed by atoms with van der Waals surface area (Å²) in [4.78, 5) is 25.4. The molecule has 1 unspecified atom stereocenters. The van der Waals surface area contributed by atoms with Gasteiger partial charge in [-0.1, -0.05) is 12.1 Å². The molecule has 140 valence electrons. The molecule has 1 fully saturated rings. The van der Waals surface area contributed by atoms with E-state index in [1.54, 1.807) is 12.1 Å². The lowest BCUT2D eigenvalue weighted by atomic mass is 10.0. The maximum absolute atomic E-state index is 13.6. The Morgan fingerprint density at radius 2 is 2.19 bits per heavy atom. The molecule has 1 aromatic carbocycles. The van der Waals surface area contributed by atoms with E-state index in [9.17, 15) is 19.3 Å². The Balaban J connectivity index is 0.00000243. The van der Waals surface area contributed by atoms with E-state index in [4.69, 9.17) is 0 Å². The molecule has 0 bridgehead atoms. The van der Waals surface area contributed by atoms with Crippen molar-refractivity contribution in [2.45, 2.75) is 13.0 Å². The Hall–Kier alpha value is -2.52. The first kappa shape index (κ1) is 19.8. The molecule has 10 heteroatoms. The third-order valence-corrected chi connectivity index (χ3v) is 4.31. The number of hydrogen-bond donors (Lipinski definition) is 1. The van der Waals surface area contributed by atoms with E-state index >= 15 is 0 Å². The van der Waals surface area contributed by atoms with E-state index in [-0.39, 0.29) is 29.5 Å². The van der Waals surface area contributed by atoms with E-state index in [1.807, 2.05) is 0 Å². The average Bonchev–Trinajstić information content (AvgIpc) is 2.88. The summed E-state index contributed by atoms with van der Waals surface area (Å²) in [5.74, 6) is -0.872. The van der Waals surface area contributed by atoms with Crippen LogP contribution in [0.4, 0.5) is 10.1 Å². The maximum Gasteiger partial charge on any atom is 0.322 e. The number of nitrogens with one attached hydrogen (secondary N) is 1. The van der Waals surface area contributed by atoms with Gasteiger partial charge in [0.05, 0.1) is 11.0 Å². The Morgan fingerprint density at radius 3 is 2.85 bits per heavy atom. The van der Waals surface area contributed by atoms with E-state index in [0.717, 1.165) is 0 Å². The Labute approximate surface area is 155 Å². The number of aromatic nitrogens is 2. The first-order valence-electron chi connectivity index (χ1n) is 7.85. The van der Waals surface area contributed by atoms with Crippen molar-refractivity contribution in [1.82, 2.24) is 20.0 Å². The number of nitro groups is 1. The summed E-state index contributed by atoms with van der Waals surface area (Å²) in [6, 6.07) is 5.62. The van der Waals surface area contributed by atoms with E-state index in [0.29, 0.717) is 25.2 Å². The molecule has 1 amide bonds. The van der Waals surface area contributed by atoms with Crippen LogP contribution in [0.1, 0.15) is 27.8 Å². The van der Waals surface area contributed by atoms with Crippen LogP contribution < -0.4 is 5.32 Å². The standard InChI is InChI=1S/C16H18FN5O3.ClH/c1-10-14(22(24)25)15(20(2)19-10)16(23)21-7-6-18-9-13(21)11-4-3-5-12(17)8-11;/h3-5,8,13,18H,6-7,9H2,1-2H3;1H. The van der Waals surface area contributed by atoms with E-state index < -0.39 is 22.7 Å². The van der Waals surface area contributed by atoms with Gasteiger partial charge in [0.15, 0.2) is 0 Å². The van der Waals surface area contributed by atoms with Crippen LogP contribution in [0.3, 0.4) is 0 Å². The summed E-state index contributed by atoms with van der Waals surface area (Å²) >= 11 is 0. The summed E-state index contributed by atoms with van der Waals surface area (Å²) in [7, 11) is 1.51. The molecule has 8 nitrogen and oxygen atoms in total. The van der Waals surface area contributed by atoms with Crippen molar-refractivity contribution < 1.29 is 14.1 Å². The second-order valence-corrected chi connectivity index (χ2v) is 5.94. The molecule has 2 aromatic rings. The quantitative estimate of drug-likeness (QED) is 0.646. The summed E-state index contributed by atoms with van der Waals surface area (Å²) in [5, 5.41) is 18.5. The van der Waals surface area contributed by atoms with Gasteiger partial charge in [-0.2, -0.15) is 5.10 Å². The fourth-order valence-corrected chi connectivity index (χ4v) is 3.20. The second-order valence-electron chi connectivity index (χ2n) is 5.94. The minimum absolute atomic E-state index is 0. The van der Waals surface area contributed by atoms with Gasteiger partial charge in [0.25, 0.3) is 5.91 Å². The van der Waals surface area contributed by atoms with Crippen LogP contribution in [0.2, 0.25) is 0 Å². The predicted molar refractivity (Wildman–Crippen MR) is 94.9 cm³/mol. The number of benzene rings is 1. The zero-order valence-electron chi connectivity index (χ0n) is 14.3. The molecule has 26 heavy (non-hydrogen) atoms. The van der Waals surface area contributed by atoms with Crippen molar-refractivity contribution in [2.24, 2.45) is 7.05 Å². The predicted octanol–water partition coefficient (Wildman–Crippen LogP) is 1.98. The molecule has 1 atom stereocenters. The highest BCUT2D eigenvalue weighted by Crippen LogP contribution is 2.29. The third-order valence-electron chi connectivity index (χ3n) is 4.31. The molecule has 0 radical (unpaired) electrons. The van der Waals surface area contributed by atoms with Crippen molar-refractivity contribution in [2.75, 3.05) is 19.6 Å². The number of carbonyl (C=O) groups excluding carboxylic acids is 1. The average molecular weight is 384 g/mol. The topological polar surface area (TPSA) is 93.3 Å². The number of aryl methyl sites for hydroxylation is 2. The molecule has 1 aromatic heterocycles. The molecule has 0 saturated carbocycles. The minimum Gasteiger partial charge on any atom is -0.327 e. The fraction of sp³-hybridized carbons (Fsp3) is 0.375. The Kier molecular flexibility index (Phi) is 5.94. The van der Waals surface area contributed by atoms with Crippen molar-refractivity contribution in [3.05, 3.63) is 57.1 Å². The highest BCUT2D eigenvalue weighted by Gasteiger charge is 2.36. The van der Waals surface area contributed by atoms with Gasteiger partial charge in [0, 0.05) is 26.7 Å². The van der Waals surface area contributed by atoms with Crippen molar-refractivity contribution in [1.29, 1.82) is 0 Å². The molecule has 0 aliphatic carbocycles. The molecule has 1 aliphatic rings. The highest BCUT2D eigenvalue weighted by atomic mass is 35.5. The van der Waals surface area contributed by atoms with Crippen LogP contribution in [-0.4, -0.2) is 45.1 Å². The van der Waals surface area contributed by atoms with Crippen molar-refractivity contribution >= 4 is 24.0 Å². The second kappa shape index (κ2) is 7.79. The number of piperazine rings is 1. The monoisotopic (exact) mass is 383 g/mol. The van der Waals surface area contributed by atoms with Gasteiger partial charge in [-0.15, -0.1) is 12.4 Å². The molecule has 3 rings (SSSR count). The van der Waals surface area contributed by atoms with Crippen LogP contribution >= 0.6 is 12.4 Å². The molecule has 1 aliphatic heterocycles. The van der Waals surface area contributed by atoms with Crippen LogP contribution in [0, 0.1) is 22.9 Å². The lowest BCUT2D eigenvalue weighted by Gasteiger charge is -2.36. The van der Waals surface area contributed by atoms with E-state index in [2.05, 4.69) is 10.4 Å². The largest absolute Gasteiger partial charge is 0.327 e. The first-order valence-corrected chi connectivity index (χ1v) is 7.85. The normalized spacial score (nSPS) is 16.9. The van der Waals surface area contributed by atoms with Crippen molar-refractivity contribution in [3.63, 3.8) is 0 Å². The summed E-state index contributed by atoms with van der Waals surface area (Å²) in [6.07, 6.45) is 0. The number of nitrogens with zero attached hydrogens (tertiary/aromatic N) is 4. The van der Waals surface area contributed by atoms with Crippen LogP contribution in [0.25, 0.3) is 0 Å². The van der Waals surface area contributed by atoms with Gasteiger partial charge < -0.3 is 10.2 Å². The first-order chi connectivity index (χ1) is 11.9. The number of halogens is 2. The highest BCUT2D eigenvalue weighted by molar-refractivity contribution is 5.97. The third kappa shape index (κ3) is 3.54. The fourth-order valence-electron chi connectivity index (χ4n) is 3.20. The van der Waals surface area contributed by atoms with Gasteiger partial charge in [0.2, 0.25) is 5.69 Å². The Bertz CT molecular complexity index is 841. The lowest BCUT2D eigenvalue weighted by molar-refractivity contribution is -0.385. The molecule has 1 saturated heterocycles.